The third-order valence-corrected chi connectivity index (χ3v) is 2.83. The van der Waals surface area contributed by atoms with Crippen LogP contribution in [0.5, 0.6) is 0 Å². The number of hydrogen-bond donors (Lipinski definition) is 3. The second-order valence-electron chi connectivity index (χ2n) is 4.10. The molecule has 0 aliphatic carbocycles. The maximum atomic E-state index is 9.62. The van der Waals surface area contributed by atoms with Crippen LogP contribution in [0, 0.1) is 0 Å². The summed E-state index contributed by atoms with van der Waals surface area (Å²) in [5.41, 5.74) is 2.03. The van der Waals surface area contributed by atoms with Crippen molar-refractivity contribution in [3.63, 3.8) is 0 Å². The molecule has 3 heteroatoms. The number of aliphatic hydroxyl groups is 1. The summed E-state index contributed by atoms with van der Waals surface area (Å²) in [6, 6.07) is 8.44. The van der Waals surface area contributed by atoms with Crippen molar-refractivity contribution in [3.8, 4) is 0 Å². The lowest BCUT2D eigenvalue weighted by molar-refractivity contribution is 0.200. The quantitative estimate of drug-likeness (QED) is 0.702. The summed E-state index contributed by atoms with van der Waals surface area (Å²) in [5.74, 6) is 0. The van der Waals surface area contributed by atoms with Crippen LogP contribution >= 0.6 is 0 Å². The first kappa shape index (κ1) is 10.5. The van der Waals surface area contributed by atoms with Crippen LogP contribution in [-0.4, -0.2) is 24.2 Å². The summed E-state index contributed by atoms with van der Waals surface area (Å²) in [5, 5.41) is 16.4. The fraction of sp³-hybridized carbons (Fsp3) is 0.500. The Morgan fingerprint density at radius 2 is 2.27 bits per heavy atom. The highest BCUT2D eigenvalue weighted by Gasteiger charge is 2.16. The van der Waals surface area contributed by atoms with Gasteiger partial charge < -0.3 is 15.7 Å². The number of hydrogen-bond acceptors (Lipinski definition) is 3. The first-order valence-electron chi connectivity index (χ1n) is 5.51. The molecular weight excluding hydrogens is 188 g/mol. The van der Waals surface area contributed by atoms with E-state index in [0.29, 0.717) is 6.04 Å². The predicted molar refractivity (Wildman–Crippen MR) is 62.0 cm³/mol. The van der Waals surface area contributed by atoms with E-state index in [9.17, 15) is 5.11 Å². The van der Waals surface area contributed by atoms with Gasteiger partial charge >= 0.3 is 0 Å². The highest BCUT2D eigenvalue weighted by Crippen LogP contribution is 2.23. The SMILES string of the molecule is CC(O)c1ccccc1NC1CCNC1. The number of anilines is 1. The van der Waals surface area contributed by atoms with E-state index in [4.69, 9.17) is 0 Å². The van der Waals surface area contributed by atoms with E-state index in [-0.39, 0.29) is 0 Å². The molecule has 1 aromatic rings. The lowest BCUT2D eigenvalue weighted by Gasteiger charge is -2.17. The van der Waals surface area contributed by atoms with Crippen LogP contribution in [0.2, 0.25) is 0 Å². The molecule has 0 radical (unpaired) electrons. The molecule has 0 amide bonds. The first-order chi connectivity index (χ1) is 7.27. The molecule has 0 aromatic heterocycles. The zero-order valence-electron chi connectivity index (χ0n) is 9.03. The molecule has 1 saturated heterocycles. The van der Waals surface area contributed by atoms with Gasteiger partial charge in [0.25, 0.3) is 0 Å². The molecule has 0 saturated carbocycles. The van der Waals surface area contributed by atoms with Gasteiger partial charge in [-0.25, -0.2) is 0 Å². The summed E-state index contributed by atoms with van der Waals surface area (Å²) in [4.78, 5) is 0. The average molecular weight is 206 g/mol. The van der Waals surface area contributed by atoms with E-state index >= 15 is 0 Å². The second kappa shape index (κ2) is 4.64. The van der Waals surface area contributed by atoms with Gasteiger partial charge in [-0.2, -0.15) is 0 Å². The molecule has 3 nitrogen and oxygen atoms in total. The van der Waals surface area contributed by atoms with Crippen molar-refractivity contribution in [2.45, 2.75) is 25.5 Å². The molecule has 15 heavy (non-hydrogen) atoms. The van der Waals surface area contributed by atoms with Gasteiger partial charge in [0.15, 0.2) is 0 Å². The summed E-state index contributed by atoms with van der Waals surface area (Å²) in [7, 11) is 0. The minimum atomic E-state index is -0.414. The van der Waals surface area contributed by atoms with Crippen molar-refractivity contribution < 1.29 is 5.11 Å². The highest BCUT2D eigenvalue weighted by molar-refractivity contribution is 5.52. The molecule has 1 aliphatic heterocycles. The first-order valence-corrected chi connectivity index (χ1v) is 5.51. The third kappa shape index (κ3) is 2.49. The van der Waals surface area contributed by atoms with E-state index < -0.39 is 6.10 Å². The normalized spacial score (nSPS) is 22.7. The van der Waals surface area contributed by atoms with E-state index in [2.05, 4.69) is 10.6 Å². The van der Waals surface area contributed by atoms with Gasteiger partial charge in [0.2, 0.25) is 0 Å². The topological polar surface area (TPSA) is 44.3 Å². The molecular formula is C12H18N2O. The van der Waals surface area contributed by atoms with Crippen molar-refractivity contribution >= 4 is 5.69 Å². The Balaban J connectivity index is 2.12. The highest BCUT2D eigenvalue weighted by atomic mass is 16.3. The molecule has 1 fully saturated rings. The van der Waals surface area contributed by atoms with Gasteiger partial charge in [0.1, 0.15) is 0 Å². The van der Waals surface area contributed by atoms with Gasteiger partial charge in [-0.3, -0.25) is 0 Å². The van der Waals surface area contributed by atoms with Crippen molar-refractivity contribution in [1.29, 1.82) is 0 Å². The van der Waals surface area contributed by atoms with Crippen molar-refractivity contribution in [1.82, 2.24) is 5.32 Å². The third-order valence-electron chi connectivity index (χ3n) is 2.83. The molecule has 82 valence electrons. The Bertz CT molecular complexity index is 319. The largest absolute Gasteiger partial charge is 0.389 e. The molecule has 1 aliphatic rings. The Morgan fingerprint density at radius 3 is 2.93 bits per heavy atom. The van der Waals surface area contributed by atoms with E-state index in [1.165, 1.54) is 0 Å². The number of para-hydroxylation sites is 1. The van der Waals surface area contributed by atoms with E-state index in [1.54, 1.807) is 6.92 Å². The number of rotatable bonds is 3. The Morgan fingerprint density at radius 1 is 1.47 bits per heavy atom. The smallest absolute Gasteiger partial charge is 0.0781 e. The molecule has 2 unspecified atom stereocenters. The summed E-state index contributed by atoms with van der Waals surface area (Å²) >= 11 is 0. The van der Waals surface area contributed by atoms with Crippen LogP contribution in [-0.2, 0) is 0 Å². The van der Waals surface area contributed by atoms with Crippen LogP contribution in [0.3, 0.4) is 0 Å². The van der Waals surface area contributed by atoms with Gasteiger partial charge in [-0.1, -0.05) is 18.2 Å². The number of aliphatic hydroxyl groups excluding tert-OH is 1. The van der Waals surface area contributed by atoms with Crippen LogP contribution in [0.25, 0.3) is 0 Å². The molecule has 3 N–H and O–H groups in total. The van der Waals surface area contributed by atoms with Crippen molar-refractivity contribution in [3.05, 3.63) is 29.8 Å². The Hall–Kier alpha value is -1.06. The van der Waals surface area contributed by atoms with E-state index in [1.807, 2.05) is 24.3 Å². The minimum absolute atomic E-state index is 0.414. The Kier molecular flexibility index (Phi) is 3.23. The summed E-state index contributed by atoms with van der Waals surface area (Å²) in [6.07, 6.45) is 0.733. The van der Waals surface area contributed by atoms with E-state index in [0.717, 1.165) is 30.8 Å². The van der Waals surface area contributed by atoms with Crippen LogP contribution in [0.1, 0.15) is 25.0 Å². The minimum Gasteiger partial charge on any atom is -0.389 e. The van der Waals surface area contributed by atoms with Gasteiger partial charge in [0, 0.05) is 23.8 Å². The van der Waals surface area contributed by atoms with Crippen LogP contribution < -0.4 is 10.6 Å². The van der Waals surface area contributed by atoms with Crippen molar-refractivity contribution in [2.75, 3.05) is 18.4 Å². The zero-order chi connectivity index (χ0) is 10.7. The zero-order valence-corrected chi connectivity index (χ0v) is 9.03. The maximum Gasteiger partial charge on any atom is 0.0781 e. The summed E-state index contributed by atoms with van der Waals surface area (Å²) < 4.78 is 0. The standard InChI is InChI=1S/C12H18N2O/c1-9(15)11-4-2-3-5-12(11)14-10-6-7-13-8-10/h2-5,9-10,13-15H,6-8H2,1H3. The molecule has 0 spiro atoms. The summed E-state index contributed by atoms with van der Waals surface area (Å²) in [6.45, 7) is 3.88. The fourth-order valence-corrected chi connectivity index (χ4v) is 1.99. The maximum absolute atomic E-state index is 9.62. The van der Waals surface area contributed by atoms with Gasteiger partial charge in [-0.05, 0) is 26.0 Å². The molecule has 0 bridgehead atoms. The number of benzene rings is 1. The predicted octanol–water partition coefficient (Wildman–Crippen LogP) is 1.51. The lowest BCUT2D eigenvalue weighted by Crippen LogP contribution is -2.22. The number of nitrogens with one attached hydrogen (secondary N) is 2. The molecule has 2 rings (SSSR count). The van der Waals surface area contributed by atoms with Crippen molar-refractivity contribution in [2.24, 2.45) is 0 Å². The van der Waals surface area contributed by atoms with Gasteiger partial charge in [0.05, 0.1) is 6.10 Å². The fourth-order valence-electron chi connectivity index (χ4n) is 1.99. The molecule has 1 aromatic carbocycles. The van der Waals surface area contributed by atoms with Crippen LogP contribution in [0.15, 0.2) is 24.3 Å². The molecule has 2 atom stereocenters. The monoisotopic (exact) mass is 206 g/mol. The lowest BCUT2D eigenvalue weighted by atomic mass is 10.1. The molecule has 1 heterocycles. The van der Waals surface area contributed by atoms with Gasteiger partial charge in [-0.15, -0.1) is 0 Å². The second-order valence-corrected chi connectivity index (χ2v) is 4.10. The Labute approximate surface area is 90.5 Å². The average Bonchev–Trinajstić information content (AvgIpc) is 2.71. The van der Waals surface area contributed by atoms with Crippen LogP contribution in [0.4, 0.5) is 5.69 Å².